The Bertz CT molecular complexity index is 696. The van der Waals surface area contributed by atoms with Gasteiger partial charge in [0.05, 0.1) is 12.4 Å². The smallest absolute Gasteiger partial charge is 0.167 e. The first kappa shape index (κ1) is 17.4. The van der Waals surface area contributed by atoms with Crippen molar-refractivity contribution in [2.24, 2.45) is 0 Å². The van der Waals surface area contributed by atoms with E-state index in [-0.39, 0.29) is 5.82 Å². The molecule has 1 aliphatic rings. The summed E-state index contributed by atoms with van der Waals surface area (Å²) in [6.45, 7) is 0.946. The highest BCUT2D eigenvalue weighted by atomic mass is 32.2. The molecule has 0 unspecified atom stereocenters. The summed E-state index contributed by atoms with van der Waals surface area (Å²) < 4.78 is 7.46. The zero-order chi connectivity index (χ0) is 17.3. The van der Waals surface area contributed by atoms with E-state index in [0.717, 1.165) is 12.3 Å². The first-order valence-corrected chi connectivity index (χ1v) is 8.81. The third kappa shape index (κ3) is 3.33. The van der Waals surface area contributed by atoms with Crippen molar-refractivity contribution in [1.29, 1.82) is 0 Å². The first-order chi connectivity index (χ1) is 11.5. The molecule has 0 saturated carbocycles. The Morgan fingerprint density at radius 3 is 2.83 bits per heavy atom. The van der Waals surface area contributed by atoms with Gasteiger partial charge in [-0.05, 0) is 14.1 Å². The van der Waals surface area contributed by atoms with Crippen LogP contribution in [0.25, 0.3) is 11.2 Å². The Hall–Kier alpha value is -1.46. The summed E-state index contributed by atoms with van der Waals surface area (Å²) in [4.78, 5) is 14.3. The van der Waals surface area contributed by atoms with Gasteiger partial charge in [0, 0.05) is 18.1 Å². The van der Waals surface area contributed by atoms with Crippen LogP contribution in [-0.4, -0.2) is 85.1 Å². The molecule has 10 heteroatoms. The van der Waals surface area contributed by atoms with Gasteiger partial charge in [0.25, 0.3) is 0 Å². The summed E-state index contributed by atoms with van der Waals surface area (Å²) in [5.41, 5.74) is 6.70. The highest BCUT2D eigenvalue weighted by molar-refractivity contribution is 7.99. The monoisotopic (exact) mass is 354 g/mol. The van der Waals surface area contributed by atoms with Crippen molar-refractivity contribution in [3.63, 3.8) is 0 Å². The number of aliphatic hydroxyl groups excluding tert-OH is 2. The van der Waals surface area contributed by atoms with Crippen LogP contribution in [0.4, 0.5) is 5.82 Å². The maximum absolute atomic E-state index is 10.4. The number of rotatable bonds is 6. The van der Waals surface area contributed by atoms with Gasteiger partial charge in [0.2, 0.25) is 0 Å². The number of anilines is 1. The molecule has 2 aromatic rings. The second kappa shape index (κ2) is 7.19. The minimum atomic E-state index is -1.06. The number of thioether (sulfide) groups is 1. The van der Waals surface area contributed by atoms with Gasteiger partial charge in [-0.1, -0.05) is 0 Å². The predicted octanol–water partition coefficient (Wildman–Crippen LogP) is -0.677. The molecule has 132 valence electrons. The van der Waals surface area contributed by atoms with E-state index in [0.29, 0.717) is 16.9 Å². The number of imidazole rings is 1. The summed E-state index contributed by atoms with van der Waals surface area (Å²) in [5, 5.41) is 20.6. The lowest BCUT2D eigenvalue weighted by molar-refractivity contribution is -0.0289. The average molecular weight is 354 g/mol. The normalized spacial score (nSPS) is 27.4. The van der Waals surface area contributed by atoms with E-state index in [9.17, 15) is 10.2 Å². The van der Waals surface area contributed by atoms with Crippen molar-refractivity contribution in [1.82, 2.24) is 24.4 Å². The molecule has 0 radical (unpaired) electrons. The number of aromatic nitrogens is 4. The lowest BCUT2D eigenvalue weighted by Gasteiger charge is -2.16. The summed E-state index contributed by atoms with van der Waals surface area (Å²) in [5.74, 6) is 1.80. The largest absolute Gasteiger partial charge is 0.387 e. The molecule has 0 aliphatic carbocycles. The zero-order valence-electron chi connectivity index (χ0n) is 13.6. The van der Waals surface area contributed by atoms with Gasteiger partial charge in [0.1, 0.15) is 24.1 Å². The SMILES string of the molecule is CN(C)CCSC[C@H]1O[C@@H](n2cnc3c(N)ncnc32)[C@H](O)[C@@H]1O. The minimum Gasteiger partial charge on any atom is -0.387 e. The fourth-order valence-electron chi connectivity index (χ4n) is 2.60. The molecule has 4 atom stereocenters. The van der Waals surface area contributed by atoms with Crippen LogP contribution in [0.3, 0.4) is 0 Å². The van der Waals surface area contributed by atoms with Crippen LogP contribution >= 0.6 is 11.8 Å². The van der Waals surface area contributed by atoms with Crippen molar-refractivity contribution in [3.8, 4) is 0 Å². The Morgan fingerprint density at radius 1 is 1.29 bits per heavy atom. The summed E-state index contributed by atoms with van der Waals surface area (Å²) in [6, 6.07) is 0. The quantitative estimate of drug-likeness (QED) is 0.579. The van der Waals surface area contributed by atoms with Crippen molar-refractivity contribution >= 4 is 28.7 Å². The van der Waals surface area contributed by atoms with Crippen molar-refractivity contribution in [2.75, 3.05) is 37.9 Å². The average Bonchev–Trinajstić information content (AvgIpc) is 3.08. The summed E-state index contributed by atoms with van der Waals surface area (Å²) >= 11 is 1.68. The van der Waals surface area contributed by atoms with Crippen LogP contribution in [0.2, 0.25) is 0 Å². The number of aliphatic hydroxyl groups is 2. The van der Waals surface area contributed by atoms with Crippen molar-refractivity contribution in [3.05, 3.63) is 12.7 Å². The number of fused-ring (bicyclic) bond motifs is 1. The summed E-state index contributed by atoms with van der Waals surface area (Å²) in [6.07, 6.45) is -0.385. The molecule has 9 nitrogen and oxygen atoms in total. The van der Waals surface area contributed by atoms with Gasteiger partial charge >= 0.3 is 0 Å². The molecule has 0 aromatic carbocycles. The third-order valence-corrected chi connectivity index (χ3v) is 5.00. The first-order valence-electron chi connectivity index (χ1n) is 7.66. The lowest BCUT2D eigenvalue weighted by atomic mass is 10.1. The molecular formula is C14H22N6O3S. The van der Waals surface area contributed by atoms with Crippen LogP contribution in [-0.2, 0) is 4.74 Å². The fourth-order valence-corrected chi connectivity index (χ4v) is 3.77. The summed E-state index contributed by atoms with van der Waals surface area (Å²) in [7, 11) is 4.03. The van der Waals surface area contributed by atoms with Crippen LogP contribution < -0.4 is 5.73 Å². The molecule has 1 fully saturated rings. The molecule has 2 aromatic heterocycles. The van der Waals surface area contributed by atoms with E-state index in [1.807, 2.05) is 14.1 Å². The predicted molar refractivity (Wildman–Crippen MR) is 91.5 cm³/mol. The highest BCUT2D eigenvalue weighted by Crippen LogP contribution is 2.33. The van der Waals surface area contributed by atoms with Gasteiger partial charge < -0.3 is 25.6 Å². The number of ether oxygens (including phenoxy) is 1. The molecule has 0 bridgehead atoms. The molecule has 4 N–H and O–H groups in total. The molecule has 24 heavy (non-hydrogen) atoms. The molecule has 3 heterocycles. The standard InChI is InChI=1S/C14H22N6O3S/c1-19(2)3-4-24-5-8-10(21)11(22)14(23-8)20-7-18-9-12(15)16-6-17-13(9)20/h6-8,10-11,14,21-22H,3-5H2,1-2H3,(H2,15,16,17)/t8-,10-,11-,14-/m1/s1. The van der Waals surface area contributed by atoms with E-state index < -0.39 is 24.5 Å². The Kier molecular flexibility index (Phi) is 5.21. The number of hydrogen-bond donors (Lipinski definition) is 3. The number of nitrogens with two attached hydrogens (primary N) is 1. The van der Waals surface area contributed by atoms with Crippen molar-refractivity contribution < 1.29 is 14.9 Å². The molecule has 0 amide bonds. The van der Waals surface area contributed by atoms with E-state index in [4.69, 9.17) is 10.5 Å². The molecular weight excluding hydrogens is 332 g/mol. The van der Waals surface area contributed by atoms with E-state index in [1.165, 1.54) is 12.7 Å². The Morgan fingerprint density at radius 2 is 2.08 bits per heavy atom. The zero-order valence-corrected chi connectivity index (χ0v) is 14.4. The highest BCUT2D eigenvalue weighted by Gasteiger charge is 2.44. The topological polar surface area (TPSA) is 123 Å². The number of nitrogen functional groups attached to an aromatic ring is 1. The van der Waals surface area contributed by atoms with Crippen LogP contribution in [0.15, 0.2) is 12.7 Å². The van der Waals surface area contributed by atoms with Gasteiger partial charge in [-0.3, -0.25) is 4.57 Å². The maximum Gasteiger partial charge on any atom is 0.167 e. The lowest BCUT2D eigenvalue weighted by Crippen LogP contribution is -2.32. The van der Waals surface area contributed by atoms with Gasteiger partial charge in [-0.2, -0.15) is 11.8 Å². The number of nitrogens with zero attached hydrogens (tertiary/aromatic N) is 5. The van der Waals surface area contributed by atoms with Gasteiger partial charge in [-0.25, -0.2) is 15.0 Å². The molecule has 1 saturated heterocycles. The maximum atomic E-state index is 10.4. The van der Waals surface area contributed by atoms with E-state index >= 15 is 0 Å². The second-order valence-corrected chi connectivity index (χ2v) is 7.16. The minimum absolute atomic E-state index is 0.266. The van der Waals surface area contributed by atoms with Crippen molar-refractivity contribution in [2.45, 2.75) is 24.5 Å². The van der Waals surface area contributed by atoms with Crippen LogP contribution in [0.1, 0.15) is 6.23 Å². The third-order valence-electron chi connectivity index (χ3n) is 3.96. The Balaban J connectivity index is 1.71. The van der Waals surface area contributed by atoms with E-state index in [2.05, 4.69) is 19.9 Å². The fraction of sp³-hybridized carbons (Fsp3) is 0.643. The van der Waals surface area contributed by atoms with E-state index in [1.54, 1.807) is 16.3 Å². The number of hydrogen-bond acceptors (Lipinski definition) is 9. The van der Waals surface area contributed by atoms with Crippen LogP contribution in [0.5, 0.6) is 0 Å². The molecule has 0 spiro atoms. The van der Waals surface area contributed by atoms with Gasteiger partial charge in [-0.15, -0.1) is 0 Å². The second-order valence-electron chi connectivity index (χ2n) is 6.01. The molecule has 1 aliphatic heterocycles. The molecule has 3 rings (SSSR count). The van der Waals surface area contributed by atoms with Gasteiger partial charge in [0.15, 0.2) is 17.7 Å². The Labute approximate surface area is 143 Å². The van der Waals surface area contributed by atoms with Crippen LogP contribution in [0, 0.1) is 0 Å².